The fraction of sp³-hybridized carbons (Fsp3) is 0.286. The topological polar surface area (TPSA) is 96.6 Å². The number of carbonyl (C=O) groups excluding carboxylic acids is 1. The lowest BCUT2D eigenvalue weighted by atomic mass is 10.1. The van der Waals surface area contributed by atoms with Gasteiger partial charge in [0, 0.05) is 12.6 Å². The summed E-state index contributed by atoms with van der Waals surface area (Å²) in [5.74, 6) is 0.313. The summed E-state index contributed by atoms with van der Waals surface area (Å²) in [5.41, 5.74) is 3.24. The van der Waals surface area contributed by atoms with Gasteiger partial charge < -0.3 is 9.42 Å². The van der Waals surface area contributed by atoms with Crippen molar-refractivity contribution in [3.63, 3.8) is 0 Å². The zero-order chi connectivity index (χ0) is 21.9. The molecule has 0 saturated heterocycles. The molecule has 8 nitrogen and oxygen atoms in total. The van der Waals surface area contributed by atoms with Crippen LogP contribution in [0.5, 0.6) is 0 Å². The predicted molar refractivity (Wildman–Crippen MR) is 114 cm³/mol. The maximum absolute atomic E-state index is 12.7. The Hall–Kier alpha value is -3.20. The Morgan fingerprint density at radius 2 is 1.73 bits per heavy atom. The minimum atomic E-state index is -3.64. The fourth-order valence-corrected chi connectivity index (χ4v) is 3.78. The maximum Gasteiger partial charge on any atom is 0.246 e. The van der Waals surface area contributed by atoms with Crippen molar-refractivity contribution in [3.8, 4) is 11.4 Å². The Morgan fingerprint density at radius 1 is 1.07 bits per heavy atom. The van der Waals surface area contributed by atoms with E-state index in [-0.39, 0.29) is 19.0 Å². The molecule has 9 heteroatoms. The predicted octanol–water partition coefficient (Wildman–Crippen LogP) is 2.78. The van der Waals surface area contributed by atoms with Crippen LogP contribution >= 0.6 is 0 Å². The van der Waals surface area contributed by atoms with Gasteiger partial charge in [-0.15, -0.1) is 0 Å². The van der Waals surface area contributed by atoms with Crippen LogP contribution in [0.1, 0.15) is 17.0 Å². The molecule has 0 aliphatic heterocycles. The highest BCUT2D eigenvalue weighted by Crippen LogP contribution is 2.20. The molecule has 0 N–H and O–H groups in total. The number of anilines is 1. The van der Waals surface area contributed by atoms with E-state index in [1.807, 2.05) is 44.2 Å². The first-order valence-corrected chi connectivity index (χ1v) is 11.2. The van der Waals surface area contributed by atoms with Crippen molar-refractivity contribution in [1.82, 2.24) is 15.0 Å². The molecule has 1 aromatic heterocycles. The Morgan fingerprint density at radius 3 is 2.37 bits per heavy atom. The van der Waals surface area contributed by atoms with E-state index < -0.39 is 15.9 Å². The molecule has 0 fully saturated rings. The number of sulfonamides is 1. The van der Waals surface area contributed by atoms with Gasteiger partial charge in [-0.25, -0.2) is 8.42 Å². The molecule has 3 rings (SSSR count). The van der Waals surface area contributed by atoms with E-state index in [0.717, 1.165) is 27.3 Å². The lowest BCUT2D eigenvalue weighted by Crippen LogP contribution is -2.41. The summed E-state index contributed by atoms with van der Waals surface area (Å²) in [7, 11) is -2.07. The number of amides is 1. The van der Waals surface area contributed by atoms with Gasteiger partial charge >= 0.3 is 0 Å². The van der Waals surface area contributed by atoms with Gasteiger partial charge in [-0.05, 0) is 37.6 Å². The van der Waals surface area contributed by atoms with E-state index in [1.165, 1.54) is 4.90 Å². The van der Waals surface area contributed by atoms with Crippen LogP contribution in [0.3, 0.4) is 0 Å². The largest absolute Gasteiger partial charge is 0.337 e. The van der Waals surface area contributed by atoms with Crippen LogP contribution in [0, 0.1) is 13.8 Å². The van der Waals surface area contributed by atoms with Crippen molar-refractivity contribution in [1.29, 1.82) is 0 Å². The van der Waals surface area contributed by atoms with Crippen LogP contribution in [0.15, 0.2) is 53.1 Å². The lowest BCUT2D eigenvalue weighted by molar-refractivity contribution is -0.129. The Bertz CT molecular complexity index is 1160. The van der Waals surface area contributed by atoms with Gasteiger partial charge in [0.25, 0.3) is 0 Å². The molecule has 1 amide bonds. The van der Waals surface area contributed by atoms with Crippen LogP contribution in [0.4, 0.5) is 5.69 Å². The van der Waals surface area contributed by atoms with Gasteiger partial charge in [-0.2, -0.15) is 4.98 Å². The molecule has 0 radical (unpaired) electrons. The highest BCUT2D eigenvalue weighted by Gasteiger charge is 2.24. The highest BCUT2D eigenvalue weighted by atomic mass is 32.2. The fourth-order valence-electron chi connectivity index (χ4n) is 2.94. The van der Waals surface area contributed by atoms with E-state index in [9.17, 15) is 13.2 Å². The molecule has 0 aliphatic carbocycles. The number of benzene rings is 2. The molecule has 0 aliphatic rings. The maximum atomic E-state index is 12.7. The Balaban J connectivity index is 1.72. The van der Waals surface area contributed by atoms with Gasteiger partial charge in [0.1, 0.15) is 6.54 Å². The summed E-state index contributed by atoms with van der Waals surface area (Å²) in [5, 5.41) is 3.97. The second kappa shape index (κ2) is 8.66. The highest BCUT2D eigenvalue weighted by molar-refractivity contribution is 7.92. The summed E-state index contributed by atoms with van der Waals surface area (Å²) in [6.07, 6.45) is 1.08. The van der Waals surface area contributed by atoms with Crippen molar-refractivity contribution in [3.05, 3.63) is 65.5 Å². The molecule has 30 heavy (non-hydrogen) atoms. The zero-order valence-corrected chi connectivity index (χ0v) is 18.2. The number of aryl methyl sites for hydroxylation is 2. The third kappa shape index (κ3) is 5.24. The second-order valence-electron chi connectivity index (χ2n) is 7.24. The summed E-state index contributed by atoms with van der Waals surface area (Å²) in [6, 6.07) is 14.7. The minimum Gasteiger partial charge on any atom is -0.337 e. The molecule has 2 aromatic carbocycles. The molecule has 0 bridgehead atoms. The number of nitrogens with zero attached hydrogens (tertiary/aromatic N) is 4. The normalized spacial score (nSPS) is 11.3. The van der Waals surface area contributed by atoms with Crippen molar-refractivity contribution in [2.24, 2.45) is 0 Å². The van der Waals surface area contributed by atoms with E-state index in [2.05, 4.69) is 10.1 Å². The SMILES string of the molecule is Cc1cccc(-c2noc(CN(C)C(=O)CN(c3cccc(C)c3)S(C)(=O)=O)n2)c1. The first kappa shape index (κ1) is 21.5. The average molecular weight is 429 g/mol. The van der Waals surface area contributed by atoms with Crippen LogP contribution in [-0.2, 0) is 21.4 Å². The Labute approximate surface area is 176 Å². The summed E-state index contributed by atoms with van der Waals surface area (Å²) in [4.78, 5) is 18.4. The number of hydrogen-bond acceptors (Lipinski definition) is 6. The average Bonchev–Trinajstić information content (AvgIpc) is 3.13. The summed E-state index contributed by atoms with van der Waals surface area (Å²) in [6.45, 7) is 3.58. The van der Waals surface area contributed by atoms with Crippen LogP contribution < -0.4 is 4.31 Å². The molecule has 0 unspecified atom stereocenters. The second-order valence-corrected chi connectivity index (χ2v) is 9.15. The molecule has 158 valence electrons. The third-order valence-corrected chi connectivity index (χ3v) is 5.65. The van der Waals surface area contributed by atoms with Gasteiger partial charge in [0.05, 0.1) is 18.5 Å². The van der Waals surface area contributed by atoms with Crippen molar-refractivity contribution in [2.45, 2.75) is 20.4 Å². The summed E-state index contributed by atoms with van der Waals surface area (Å²) >= 11 is 0. The molecular formula is C21H24N4O4S. The molecule has 0 spiro atoms. The molecule has 0 saturated carbocycles. The monoisotopic (exact) mass is 428 g/mol. The zero-order valence-electron chi connectivity index (χ0n) is 17.4. The number of likely N-dealkylation sites (N-methyl/N-ethyl adjacent to an activating group) is 1. The van der Waals surface area contributed by atoms with Crippen molar-refractivity contribution < 1.29 is 17.7 Å². The van der Waals surface area contributed by atoms with Crippen molar-refractivity contribution >= 4 is 21.6 Å². The standard InChI is InChI=1S/C21H24N4O4S/c1-15-7-5-9-17(11-15)21-22-19(29-23-21)13-24(3)20(26)14-25(30(4,27)28)18-10-6-8-16(2)12-18/h5-12H,13-14H2,1-4H3. The Kier molecular flexibility index (Phi) is 6.21. The number of hydrogen-bond donors (Lipinski definition) is 0. The molecular weight excluding hydrogens is 404 g/mol. The number of rotatable bonds is 7. The lowest BCUT2D eigenvalue weighted by Gasteiger charge is -2.24. The molecule has 0 atom stereocenters. The third-order valence-electron chi connectivity index (χ3n) is 4.51. The van der Waals surface area contributed by atoms with Gasteiger partial charge in [0.15, 0.2) is 0 Å². The van der Waals surface area contributed by atoms with Gasteiger partial charge in [-0.1, -0.05) is 41.1 Å². The van der Waals surface area contributed by atoms with Gasteiger partial charge in [0.2, 0.25) is 27.6 Å². The van der Waals surface area contributed by atoms with Crippen molar-refractivity contribution in [2.75, 3.05) is 24.2 Å². The molecule has 3 aromatic rings. The quantitative estimate of drug-likeness (QED) is 0.574. The molecule has 1 heterocycles. The smallest absolute Gasteiger partial charge is 0.246 e. The van der Waals surface area contributed by atoms with Gasteiger partial charge in [-0.3, -0.25) is 9.10 Å². The minimum absolute atomic E-state index is 0.0725. The van der Waals surface area contributed by atoms with Crippen LogP contribution in [-0.4, -0.2) is 49.2 Å². The first-order chi connectivity index (χ1) is 14.1. The van der Waals surface area contributed by atoms with E-state index in [1.54, 1.807) is 25.2 Å². The van der Waals surface area contributed by atoms with Crippen LogP contribution in [0.2, 0.25) is 0 Å². The van der Waals surface area contributed by atoms with E-state index >= 15 is 0 Å². The first-order valence-electron chi connectivity index (χ1n) is 9.31. The summed E-state index contributed by atoms with van der Waals surface area (Å²) < 4.78 is 30.9. The number of carbonyl (C=O) groups is 1. The van der Waals surface area contributed by atoms with Crippen LogP contribution in [0.25, 0.3) is 11.4 Å². The van der Waals surface area contributed by atoms with E-state index in [4.69, 9.17) is 4.52 Å². The van der Waals surface area contributed by atoms with E-state index in [0.29, 0.717) is 11.5 Å². The number of aromatic nitrogens is 2.